The third kappa shape index (κ3) is 2.74. The van der Waals surface area contributed by atoms with Crippen LogP contribution in [-0.2, 0) is 6.54 Å². The number of nitrogens with two attached hydrogens (primary N) is 1. The number of aromatic nitrogens is 3. The highest BCUT2D eigenvalue weighted by atomic mass is 15.1. The van der Waals surface area contributed by atoms with Crippen molar-refractivity contribution in [1.29, 1.82) is 0 Å². The van der Waals surface area contributed by atoms with E-state index >= 15 is 0 Å². The number of benzene rings is 1. The van der Waals surface area contributed by atoms with Crippen LogP contribution in [0.15, 0.2) is 36.5 Å². The molecule has 0 bridgehead atoms. The molecule has 22 heavy (non-hydrogen) atoms. The van der Waals surface area contributed by atoms with E-state index in [0.717, 1.165) is 43.0 Å². The van der Waals surface area contributed by atoms with Gasteiger partial charge in [-0.05, 0) is 68.6 Å². The number of nitrogens with zero attached hydrogens (tertiary/aromatic N) is 3. The second-order valence-electron chi connectivity index (χ2n) is 5.72. The Labute approximate surface area is 131 Å². The van der Waals surface area contributed by atoms with Crippen molar-refractivity contribution in [2.24, 2.45) is 5.73 Å². The molecule has 2 aromatic heterocycles. The zero-order chi connectivity index (χ0) is 15.5. The molecule has 0 radical (unpaired) electrons. The first-order chi connectivity index (χ1) is 10.7. The van der Waals surface area contributed by atoms with E-state index in [1.165, 1.54) is 16.6 Å². The van der Waals surface area contributed by atoms with E-state index < -0.39 is 0 Å². The molecular formula is C18H22N4. The standard InChI is InChI=1S/C18H22N4/c1-13-11-16-17(12-14(13)2)22(10-6-4-8-19)18(21-16)15-7-3-5-9-20-15/h3,5,7,9,11-12H,4,6,8,10,19H2,1-2H3. The van der Waals surface area contributed by atoms with Gasteiger partial charge in [-0.15, -0.1) is 0 Å². The minimum Gasteiger partial charge on any atom is -0.330 e. The number of pyridine rings is 1. The van der Waals surface area contributed by atoms with Crippen LogP contribution >= 0.6 is 0 Å². The maximum atomic E-state index is 5.64. The maximum Gasteiger partial charge on any atom is 0.159 e. The van der Waals surface area contributed by atoms with Gasteiger partial charge >= 0.3 is 0 Å². The molecule has 0 fully saturated rings. The van der Waals surface area contributed by atoms with Gasteiger partial charge in [-0.25, -0.2) is 4.98 Å². The Morgan fingerprint density at radius 3 is 2.64 bits per heavy atom. The summed E-state index contributed by atoms with van der Waals surface area (Å²) in [6.07, 6.45) is 3.89. The predicted molar refractivity (Wildman–Crippen MR) is 90.7 cm³/mol. The largest absolute Gasteiger partial charge is 0.330 e. The van der Waals surface area contributed by atoms with Gasteiger partial charge in [0.2, 0.25) is 0 Å². The zero-order valence-electron chi connectivity index (χ0n) is 13.2. The quantitative estimate of drug-likeness (QED) is 0.733. The summed E-state index contributed by atoms with van der Waals surface area (Å²) in [5, 5.41) is 0. The van der Waals surface area contributed by atoms with Crippen LogP contribution in [0.25, 0.3) is 22.6 Å². The lowest BCUT2D eigenvalue weighted by Gasteiger charge is -2.09. The van der Waals surface area contributed by atoms with E-state index in [2.05, 4.69) is 35.5 Å². The molecule has 0 unspecified atom stereocenters. The van der Waals surface area contributed by atoms with Crippen LogP contribution in [0.1, 0.15) is 24.0 Å². The molecule has 0 aliphatic rings. The normalized spacial score (nSPS) is 11.2. The Bertz CT molecular complexity index is 775. The molecule has 0 amide bonds. The second-order valence-corrected chi connectivity index (χ2v) is 5.72. The van der Waals surface area contributed by atoms with Gasteiger partial charge < -0.3 is 10.3 Å². The molecule has 0 atom stereocenters. The molecule has 0 spiro atoms. The fraction of sp³-hybridized carbons (Fsp3) is 0.333. The van der Waals surface area contributed by atoms with E-state index in [1.54, 1.807) is 0 Å². The van der Waals surface area contributed by atoms with Crippen molar-refractivity contribution < 1.29 is 0 Å². The minimum absolute atomic E-state index is 0.726. The summed E-state index contributed by atoms with van der Waals surface area (Å²) in [7, 11) is 0. The van der Waals surface area contributed by atoms with Gasteiger partial charge in [0.25, 0.3) is 0 Å². The van der Waals surface area contributed by atoms with E-state index in [0.29, 0.717) is 0 Å². The van der Waals surface area contributed by atoms with Gasteiger partial charge in [-0.3, -0.25) is 4.98 Å². The lowest BCUT2D eigenvalue weighted by atomic mass is 10.1. The van der Waals surface area contributed by atoms with Gasteiger partial charge in [0.15, 0.2) is 5.82 Å². The molecule has 3 aromatic rings. The Morgan fingerprint density at radius 1 is 1.09 bits per heavy atom. The van der Waals surface area contributed by atoms with Crippen molar-refractivity contribution in [3.8, 4) is 11.5 Å². The molecule has 0 aliphatic heterocycles. The topological polar surface area (TPSA) is 56.7 Å². The number of unbranched alkanes of at least 4 members (excludes halogenated alkanes) is 1. The fourth-order valence-corrected chi connectivity index (χ4v) is 2.71. The first kappa shape index (κ1) is 14.7. The highest BCUT2D eigenvalue weighted by molar-refractivity contribution is 5.81. The molecule has 0 aliphatic carbocycles. The number of fused-ring (bicyclic) bond motifs is 1. The van der Waals surface area contributed by atoms with E-state index in [9.17, 15) is 0 Å². The molecule has 3 rings (SSSR count). The summed E-state index contributed by atoms with van der Waals surface area (Å²) in [4.78, 5) is 9.30. The first-order valence-electron chi connectivity index (χ1n) is 7.79. The van der Waals surface area contributed by atoms with Crippen LogP contribution in [0, 0.1) is 13.8 Å². The molecule has 2 heterocycles. The second kappa shape index (κ2) is 6.28. The lowest BCUT2D eigenvalue weighted by Crippen LogP contribution is -2.05. The minimum atomic E-state index is 0.726. The lowest BCUT2D eigenvalue weighted by molar-refractivity contribution is 0.630. The monoisotopic (exact) mass is 294 g/mol. The van der Waals surface area contributed by atoms with Gasteiger partial charge in [-0.1, -0.05) is 6.07 Å². The van der Waals surface area contributed by atoms with Crippen LogP contribution in [0.4, 0.5) is 0 Å². The zero-order valence-corrected chi connectivity index (χ0v) is 13.2. The molecule has 114 valence electrons. The number of rotatable bonds is 5. The van der Waals surface area contributed by atoms with Crippen LogP contribution in [0.2, 0.25) is 0 Å². The van der Waals surface area contributed by atoms with E-state index in [4.69, 9.17) is 10.7 Å². The van der Waals surface area contributed by atoms with Crippen LogP contribution in [0.3, 0.4) is 0 Å². The summed E-state index contributed by atoms with van der Waals surface area (Å²) >= 11 is 0. The summed E-state index contributed by atoms with van der Waals surface area (Å²) in [6.45, 7) is 5.92. The Morgan fingerprint density at radius 2 is 1.91 bits per heavy atom. The fourth-order valence-electron chi connectivity index (χ4n) is 2.71. The predicted octanol–water partition coefficient (Wildman–Crippen LogP) is 3.45. The van der Waals surface area contributed by atoms with Gasteiger partial charge in [0.05, 0.1) is 11.0 Å². The van der Waals surface area contributed by atoms with Gasteiger partial charge in [0.1, 0.15) is 5.69 Å². The number of hydrogen-bond acceptors (Lipinski definition) is 3. The summed E-state index contributed by atoms with van der Waals surface area (Å²) in [5.41, 5.74) is 11.3. The molecule has 2 N–H and O–H groups in total. The Balaban J connectivity index is 2.15. The number of aryl methyl sites for hydroxylation is 3. The number of imidazole rings is 1. The van der Waals surface area contributed by atoms with Crippen LogP contribution < -0.4 is 5.73 Å². The molecule has 0 saturated carbocycles. The SMILES string of the molecule is Cc1cc2nc(-c3ccccn3)n(CCCCN)c2cc1C. The third-order valence-corrected chi connectivity index (χ3v) is 4.09. The maximum absolute atomic E-state index is 5.64. The molecule has 1 aromatic carbocycles. The average molecular weight is 294 g/mol. The van der Waals surface area contributed by atoms with Crippen LogP contribution in [-0.4, -0.2) is 21.1 Å². The summed E-state index contributed by atoms with van der Waals surface area (Å²) < 4.78 is 2.28. The van der Waals surface area contributed by atoms with Crippen molar-refractivity contribution in [3.05, 3.63) is 47.7 Å². The molecule has 4 nitrogen and oxygen atoms in total. The Kier molecular flexibility index (Phi) is 4.20. The van der Waals surface area contributed by atoms with Crippen molar-refractivity contribution in [2.75, 3.05) is 6.54 Å². The highest BCUT2D eigenvalue weighted by Crippen LogP contribution is 2.26. The Hall–Kier alpha value is -2.20. The smallest absolute Gasteiger partial charge is 0.159 e. The molecular weight excluding hydrogens is 272 g/mol. The van der Waals surface area contributed by atoms with E-state index in [1.807, 2.05) is 24.4 Å². The summed E-state index contributed by atoms with van der Waals surface area (Å²) in [6, 6.07) is 10.3. The first-order valence-corrected chi connectivity index (χ1v) is 7.79. The number of hydrogen-bond donors (Lipinski definition) is 1. The molecule has 0 saturated heterocycles. The average Bonchev–Trinajstić information content (AvgIpc) is 2.87. The third-order valence-electron chi connectivity index (χ3n) is 4.09. The van der Waals surface area contributed by atoms with Crippen molar-refractivity contribution in [2.45, 2.75) is 33.2 Å². The van der Waals surface area contributed by atoms with Gasteiger partial charge in [0, 0.05) is 12.7 Å². The summed E-state index contributed by atoms with van der Waals surface area (Å²) in [5.74, 6) is 0.942. The van der Waals surface area contributed by atoms with E-state index in [-0.39, 0.29) is 0 Å². The van der Waals surface area contributed by atoms with Crippen LogP contribution in [0.5, 0.6) is 0 Å². The van der Waals surface area contributed by atoms with Crippen molar-refractivity contribution in [1.82, 2.24) is 14.5 Å². The molecule has 4 heteroatoms. The van der Waals surface area contributed by atoms with Crippen molar-refractivity contribution in [3.63, 3.8) is 0 Å². The van der Waals surface area contributed by atoms with Crippen molar-refractivity contribution >= 4 is 11.0 Å². The highest BCUT2D eigenvalue weighted by Gasteiger charge is 2.14. The van der Waals surface area contributed by atoms with Gasteiger partial charge in [-0.2, -0.15) is 0 Å².